The van der Waals surface area contributed by atoms with E-state index in [-0.39, 0.29) is 0 Å². The summed E-state index contributed by atoms with van der Waals surface area (Å²) in [6.07, 6.45) is -0.569. The Morgan fingerprint density at radius 2 is 1.83 bits per heavy atom. The van der Waals surface area contributed by atoms with Crippen molar-refractivity contribution in [1.82, 2.24) is 0 Å². The van der Waals surface area contributed by atoms with Crippen LogP contribution >= 0.6 is 0 Å². The predicted octanol–water partition coefficient (Wildman–Crippen LogP) is -0.0672. The Morgan fingerprint density at radius 3 is 2.08 bits per heavy atom. The Balaban J connectivity index is 4.38. The molecule has 0 radical (unpaired) electrons. The van der Waals surface area contributed by atoms with E-state index in [0.29, 0.717) is 0 Å². The summed E-state index contributed by atoms with van der Waals surface area (Å²) in [4.78, 5) is 20.6. The Morgan fingerprint density at radius 1 is 1.42 bits per heavy atom. The van der Waals surface area contributed by atoms with Crippen LogP contribution in [0.2, 0.25) is 0 Å². The second kappa shape index (κ2) is 3.53. The summed E-state index contributed by atoms with van der Waals surface area (Å²) in [5.74, 6) is -3.51. The van der Waals surface area contributed by atoms with Crippen LogP contribution < -0.4 is 0 Å². The molecule has 0 amide bonds. The smallest absolute Gasteiger partial charge is 0.309 e. The molecule has 0 aliphatic rings. The van der Waals surface area contributed by atoms with Gasteiger partial charge in [0.2, 0.25) is 0 Å². The van der Waals surface area contributed by atoms with Crippen molar-refractivity contribution in [1.29, 1.82) is 0 Å². The fourth-order valence-corrected chi connectivity index (χ4v) is 0.725. The predicted molar refractivity (Wildman–Crippen MR) is 39.7 cm³/mol. The van der Waals surface area contributed by atoms with Crippen LogP contribution in [-0.2, 0) is 9.59 Å². The maximum Gasteiger partial charge on any atom is 0.309 e. The average Bonchev–Trinajstić information content (AvgIpc) is 1.82. The maximum absolute atomic E-state index is 10.4. The lowest BCUT2D eigenvalue weighted by molar-refractivity contribution is -0.154. The molecule has 5 heteroatoms. The first kappa shape index (κ1) is 10.9. The molecule has 0 fully saturated rings. The van der Waals surface area contributed by atoms with Gasteiger partial charge in [-0.2, -0.15) is 0 Å². The summed E-state index contributed by atoms with van der Waals surface area (Å²) in [6.45, 7) is 2.46. The molecule has 12 heavy (non-hydrogen) atoms. The standard InChI is InChI=1S/C7H12O5/c1-4(6(10)11)7(2,12)3-5(8)9/h4,12H,3H2,1-2H3,(H,8,9)(H,10,11). The molecule has 3 N–H and O–H groups in total. The van der Waals surface area contributed by atoms with Crippen LogP contribution in [0.3, 0.4) is 0 Å². The molecule has 0 aliphatic carbocycles. The number of hydrogen-bond donors (Lipinski definition) is 3. The quantitative estimate of drug-likeness (QED) is 0.557. The molecule has 2 unspecified atom stereocenters. The van der Waals surface area contributed by atoms with Gasteiger partial charge in [0, 0.05) is 0 Å². The van der Waals surface area contributed by atoms with E-state index in [4.69, 9.17) is 10.2 Å². The van der Waals surface area contributed by atoms with Gasteiger partial charge in [-0.1, -0.05) is 0 Å². The van der Waals surface area contributed by atoms with Gasteiger partial charge in [-0.05, 0) is 13.8 Å². The summed E-state index contributed by atoms with van der Waals surface area (Å²) in [6, 6.07) is 0. The Labute approximate surface area is 69.6 Å². The van der Waals surface area contributed by atoms with Crippen molar-refractivity contribution in [2.24, 2.45) is 5.92 Å². The van der Waals surface area contributed by atoms with Crippen LogP contribution in [0.1, 0.15) is 20.3 Å². The maximum atomic E-state index is 10.4. The molecule has 0 rings (SSSR count). The van der Waals surface area contributed by atoms with E-state index in [0.717, 1.165) is 0 Å². The third-order valence-corrected chi connectivity index (χ3v) is 1.81. The van der Waals surface area contributed by atoms with Crippen molar-refractivity contribution < 1.29 is 24.9 Å². The van der Waals surface area contributed by atoms with Crippen LogP contribution in [0, 0.1) is 5.92 Å². The van der Waals surface area contributed by atoms with E-state index < -0.39 is 29.9 Å². The van der Waals surface area contributed by atoms with Crippen molar-refractivity contribution >= 4 is 11.9 Å². The normalized spacial score (nSPS) is 17.9. The zero-order valence-electron chi connectivity index (χ0n) is 6.94. The first-order valence-electron chi connectivity index (χ1n) is 3.44. The number of carboxylic acids is 2. The molecule has 0 saturated carbocycles. The van der Waals surface area contributed by atoms with Crippen LogP contribution in [0.4, 0.5) is 0 Å². The molecular formula is C7H12O5. The highest BCUT2D eigenvalue weighted by molar-refractivity contribution is 5.74. The summed E-state index contributed by atoms with van der Waals surface area (Å²) >= 11 is 0. The van der Waals surface area contributed by atoms with Gasteiger partial charge in [0.1, 0.15) is 0 Å². The van der Waals surface area contributed by atoms with E-state index >= 15 is 0 Å². The molecule has 0 aromatic heterocycles. The number of rotatable bonds is 4. The van der Waals surface area contributed by atoms with Gasteiger partial charge in [0.15, 0.2) is 0 Å². The third-order valence-electron chi connectivity index (χ3n) is 1.81. The zero-order chi connectivity index (χ0) is 9.94. The Hall–Kier alpha value is -1.10. The first-order valence-corrected chi connectivity index (χ1v) is 3.44. The highest BCUT2D eigenvalue weighted by Crippen LogP contribution is 2.20. The SMILES string of the molecule is CC(C(=O)O)C(C)(O)CC(=O)O. The minimum Gasteiger partial charge on any atom is -0.481 e. The van der Waals surface area contributed by atoms with Gasteiger partial charge in [0.25, 0.3) is 0 Å². The van der Waals surface area contributed by atoms with Gasteiger partial charge in [0.05, 0.1) is 17.9 Å². The minimum absolute atomic E-state index is 0.569. The summed E-state index contributed by atoms with van der Waals surface area (Å²) in [5, 5.41) is 26.2. The topological polar surface area (TPSA) is 94.8 Å². The van der Waals surface area contributed by atoms with Crippen molar-refractivity contribution in [2.75, 3.05) is 0 Å². The van der Waals surface area contributed by atoms with Gasteiger partial charge in [-0.3, -0.25) is 9.59 Å². The van der Waals surface area contributed by atoms with Crippen molar-refractivity contribution in [3.8, 4) is 0 Å². The van der Waals surface area contributed by atoms with Crippen LogP contribution in [0.15, 0.2) is 0 Å². The highest BCUT2D eigenvalue weighted by atomic mass is 16.4. The summed E-state index contributed by atoms with van der Waals surface area (Å²) in [7, 11) is 0. The molecule has 0 aromatic carbocycles. The molecule has 2 atom stereocenters. The first-order chi connectivity index (χ1) is 5.27. The molecule has 70 valence electrons. The van der Waals surface area contributed by atoms with Crippen LogP contribution in [-0.4, -0.2) is 32.9 Å². The molecule has 0 aliphatic heterocycles. The minimum atomic E-state index is -1.70. The highest BCUT2D eigenvalue weighted by Gasteiger charge is 2.35. The Kier molecular flexibility index (Phi) is 3.21. The molecule has 0 spiro atoms. The molecule has 5 nitrogen and oxygen atoms in total. The van der Waals surface area contributed by atoms with Gasteiger partial charge < -0.3 is 15.3 Å². The molecule has 0 bridgehead atoms. The fraction of sp³-hybridized carbons (Fsp3) is 0.714. The lowest BCUT2D eigenvalue weighted by Crippen LogP contribution is -2.39. The Bertz CT molecular complexity index is 196. The largest absolute Gasteiger partial charge is 0.481 e. The van der Waals surface area contributed by atoms with E-state index in [1.54, 1.807) is 0 Å². The number of aliphatic hydroxyl groups is 1. The lowest BCUT2D eigenvalue weighted by atomic mass is 9.88. The number of carboxylic acid groups (broad SMARTS) is 2. The van der Waals surface area contributed by atoms with Crippen molar-refractivity contribution in [3.63, 3.8) is 0 Å². The molecule has 0 saturated heterocycles. The van der Waals surface area contributed by atoms with Crippen LogP contribution in [0.25, 0.3) is 0 Å². The molecule has 0 heterocycles. The van der Waals surface area contributed by atoms with Crippen molar-refractivity contribution in [3.05, 3.63) is 0 Å². The zero-order valence-corrected chi connectivity index (χ0v) is 6.94. The third kappa shape index (κ3) is 2.87. The van der Waals surface area contributed by atoms with E-state index in [9.17, 15) is 14.7 Å². The molecule has 0 aromatic rings. The summed E-state index contributed by atoms with van der Waals surface area (Å²) < 4.78 is 0. The fourth-order valence-electron chi connectivity index (χ4n) is 0.725. The monoisotopic (exact) mass is 176 g/mol. The lowest BCUT2D eigenvalue weighted by Gasteiger charge is -2.25. The van der Waals surface area contributed by atoms with Gasteiger partial charge in [-0.15, -0.1) is 0 Å². The summed E-state index contributed by atoms with van der Waals surface area (Å²) in [5.41, 5.74) is -1.70. The number of hydrogen-bond acceptors (Lipinski definition) is 3. The van der Waals surface area contributed by atoms with Crippen molar-refractivity contribution in [2.45, 2.75) is 25.9 Å². The number of carbonyl (C=O) groups is 2. The van der Waals surface area contributed by atoms with E-state index in [2.05, 4.69) is 0 Å². The van der Waals surface area contributed by atoms with Gasteiger partial charge in [-0.25, -0.2) is 0 Å². The van der Waals surface area contributed by atoms with Crippen LogP contribution in [0.5, 0.6) is 0 Å². The van der Waals surface area contributed by atoms with E-state index in [1.165, 1.54) is 13.8 Å². The molecular weight excluding hydrogens is 164 g/mol. The van der Waals surface area contributed by atoms with E-state index in [1.807, 2.05) is 0 Å². The second-order valence-electron chi connectivity index (χ2n) is 2.99. The second-order valence-corrected chi connectivity index (χ2v) is 2.99. The average molecular weight is 176 g/mol. The number of aliphatic carboxylic acids is 2. The van der Waals surface area contributed by atoms with Gasteiger partial charge >= 0.3 is 11.9 Å².